The third-order valence-corrected chi connectivity index (χ3v) is 5.85. The van der Waals surface area contributed by atoms with E-state index >= 15 is 0 Å². The van der Waals surface area contributed by atoms with Gasteiger partial charge in [-0.05, 0) is 42.0 Å². The molecule has 1 aliphatic rings. The molecular weight excluding hydrogens is 432 g/mol. The van der Waals surface area contributed by atoms with Crippen LogP contribution in [0.1, 0.15) is 0 Å². The topological polar surface area (TPSA) is 122 Å². The highest BCUT2D eigenvalue weighted by atomic mass is 16.7. The molecular formula is C25H16N6O3. The van der Waals surface area contributed by atoms with Crippen LogP contribution in [0.25, 0.3) is 56.0 Å². The lowest BCUT2D eigenvalue weighted by Crippen LogP contribution is -1.92. The van der Waals surface area contributed by atoms with Crippen LogP contribution < -0.4 is 9.47 Å². The number of hydrogen-bond donors (Lipinski definition) is 3. The molecule has 1 aliphatic heterocycles. The first kappa shape index (κ1) is 18.6. The Kier molecular flexibility index (Phi) is 3.86. The molecule has 0 unspecified atom stereocenters. The van der Waals surface area contributed by atoms with Gasteiger partial charge in [0.1, 0.15) is 11.3 Å². The summed E-state index contributed by atoms with van der Waals surface area (Å²) in [4.78, 5) is 17.1. The monoisotopic (exact) mass is 448 g/mol. The largest absolute Gasteiger partial charge is 0.506 e. The summed E-state index contributed by atoms with van der Waals surface area (Å²) in [6.07, 6.45) is 3.05. The van der Waals surface area contributed by atoms with E-state index in [1.807, 2.05) is 48.5 Å². The van der Waals surface area contributed by atoms with Crippen molar-refractivity contribution in [2.24, 2.45) is 0 Å². The Labute approximate surface area is 192 Å². The third-order valence-electron chi connectivity index (χ3n) is 5.85. The second-order valence-electron chi connectivity index (χ2n) is 7.95. The van der Waals surface area contributed by atoms with Crippen LogP contribution in [0.4, 0.5) is 0 Å². The Morgan fingerprint density at radius 2 is 1.76 bits per heavy atom. The molecule has 9 nitrogen and oxygen atoms in total. The summed E-state index contributed by atoms with van der Waals surface area (Å²) >= 11 is 0. The molecule has 5 heterocycles. The molecule has 0 amide bonds. The standard InChI is InChI=1S/C25H16N6O3/c32-15-8-14(10-26-11-15)17-5-6-19-23(27-17)24(31-30-19)25-28-18-3-1-2-16(22(18)29-25)13-4-7-20-21(9-13)34-12-33-20/h1-11,32H,12H2,(H,28,29)(H,30,31). The summed E-state index contributed by atoms with van der Waals surface area (Å²) in [7, 11) is 0. The molecule has 0 saturated carbocycles. The minimum absolute atomic E-state index is 0.0835. The molecule has 164 valence electrons. The lowest BCUT2D eigenvalue weighted by atomic mass is 10.0. The third kappa shape index (κ3) is 2.87. The number of pyridine rings is 2. The molecule has 6 aromatic rings. The second-order valence-corrected chi connectivity index (χ2v) is 7.95. The van der Waals surface area contributed by atoms with Crippen molar-refractivity contribution in [3.05, 3.63) is 67.0 Å². The van der Waals surface area contributed by atoms with Gasteiger partial charge in [-0.3, -0.25) is 10.1 Å². The van der Waals surface area contributed by atoms with Crippen molar-refractivity contribution < 1.29 is 14.6 Å². The van der Waals surface area contributed by atoms with Gasteiger partial charge in [0.2, 0.25) is 6.79 Å². The first-order chi connectivity index (χ1) is 16.7. The molecule has 0 atom stereocenters. The minimum atomic E-state index is 0.0835. The van der Waals surface area contributed by atoms with Crippen molar-refractivity contribution >= 4 is 22.1 Å². The zero-order valence-corrected chi connectivity index (χ0v) is 17.6. The van der Waals surface area contributed by atoms with Crippen molar-refractivity contribution in [2.45, 2.75) is 0 Å². The van der Waals surface area contributed by atoms with E-state index in [0.29, 0.717) is 28.3 Å². The van der Waals surface area contributed by atoms with Crippen LogP contribution in [0, 0.1) is 0 Å². The molecule has 4 aromatic heterocycles. The zero-order chi connectivity index (χ0) is 22.6. The van der Waals surface area contributed by atoms with Gasteiger partial charge in [0.15, 0.2) is 23.0 Å². The summed E-state index contributed by atoms with van der Waals surface area (Å²) in [6, 6.07) is 17.2. The number of aromatic hydroxyl groups is 1. The van der Waals surface area contributed by atoms with E-state index < -0.39 is 0 Å². The van der Waals surface area contributed by atoms with Gasteiger partial charge in [0, 0.05) is 17.3 Å². The summed E-state index contributed by atoms with van der Waals surface area (Å²) in [5.74, 6) is 2.15. The predicted molar refractivity (Wildman–Crippen MR) is 125 cm³/mol. The Balaban J connectivity index is 1.36. The molecule has 0 bridgehead atoms. The van der Waals surface area contributed by atoms with Crippen molar-refractivity contribution in [2.75, 3.05) is 6.79 Å². The van der Waals surface area contributed by atoms with E-state index in [1.54, 1.807) is 12.3 Å². The average Bonchev–Trinajstić information content (AvgIpc) is 3.60. The van der Waals surface area contributed by atoms with Crippen LogP contribution in [0.3, 0.4) is 0 Å². The van der Waals surface area contributed by atoms with E-state index in [1.165, 1.54) is 6.20 Å². The highest BCUT2D eigenvalue weighted by Gasteiger charge is 2.19. The van der Waals surface area contributed by atoms with Gasteiger partial charge >= 0.3 is 0 Å². The molecule has 9 heteroatoms. The first-order valence-electron chi connectivity index (χ1n) is 10.6. The van der Waals surface area contributed by atoms with E-state index in [9.17, 15) is 5.11 Å². The smallest absolute Gasteiger partial charge is 0.231 e. The number of nitrogens with one attached hydrogen (secondary N) is 2. The van der Waals surface area contributed by atoms with Gasteiger partial charge in [-0.1, -0.05) is 18.2 Å². The second kappa shape index (κ2) is 7.04. The van der Waals surface area contributed by atoms with Crippen molar-refractivity contribution in [1.29, 1.82) is 0 Å². The predicted octanol–water partition coefficient (Wildman–Crippen LogP) is 4.66. The molecule has 0 aliphatic carbocycles. The minimum Gasteiger partial charge on any atom is -0.506 e. The Bertz CT molecular complexity index is 1720. The van der Waals surface area contributed by atoms with Crippen LogP contribution in [-0.4, -0.2) is 42.0 Å². The molecule has 3 N–H and O–H groups in total. The molecule has 7 rings (SSSR count). The van der Waals surface area contributed by atoms with E-state index in [-0.39, 0.29) is 12.5 Å². The Morgan fingerprint density at radius 1 is 0.824 bits per heavy atom. The van der Waals surface area contributed by atoms with Crippen LogP contribution in [-0.2, 0) is 0 Å². The number of para-hydroxylation sites is 1. The maximum Gasteiger partial charge on any atom is 0.231 e. The fraction of sp³-hybridized carbons (Fsp3) is 0.0400. The number of imidazole rings is 1. The van der Waals surface area contributed by atoms with Gasteiger partial charge < -0.3 is 19.6 Å². The summed E-state index contributed by atoms with van der Waals surface area (Å²) < 4.78 is 11.0. The van der Waals surface area contributed by atoms with Crippen LogP contribution in [0.5, 0.6) is 17.2 Å². The van der Waals surface area contributed by atoms with Crippen molar-refractivity contribution in [3.8, 4) is 51.2 Å². The number of benzene rings is 2. The SMILES string of the molecule is Oc1cncc(-c2ccc3[nH]nc(-c4nc5c(-c6ccc7c(c6)OCO7)cccc5[nH]4)c3n2)c1. The maximum atomic E-state index is 9.79. The number of fused-ring (bicyclic) bond motifs is 3. The quantitative estimate of drug-likeness (QED) is 0.360. The summed E-state index contributed by atoms with van der Waals surface area (Å²) in [5, 5.41) is 17.3. The molecule has 0 radical (unpaired) electrons. The number of rotatable bonds is 3. The summed E-state index contributed by atoms with van der Waals surface area (Å²) in [5.41, 5.74) is 7.11. The van der Waals surface area contributed by atoms with Gasteiger partial charge in [-0.25, -0.2) is 9.97 Å². The van der Waals surface area contributed by atoms with Gasteiger partial charge in [0.05, 0.1) is 28.4 Å². The zero-order valence-electron chi connectivity index (χ0n) is 17.6. The molecule has 34 heavy (non-hydrogen) atoms. The van der Waals surface area contributed by atoms with E-state index in [0.717, 1.165) is 39.2 Å². The van der Waals surface area contributed by atoms with Gasteiger partial charge in [-0.2, -0.15) is 5.10 Å². The number of hydrogen-bond acceptors (Lipinski definition) is 7. The highest BCUT2D eigenvalue weighted by molar-refractivity contribution is 5.96. The number of aromatic amines is 2. The van der Waals surface area contributed by atoms with Crippen LogP contribution in [0.2, 0.25) is 0 Å². The highest BCUT2D eigenvalue weighted by Crippen LogP contribution is 2.38. The molecule has 0 saturated heterocycles. The Hall–Kier alpha value is -4.92. The lowest BCUT2D eigenvalue weighted by Gasteiger charge is -2.04. The summed E-state index contributed by atoms with van der Waals surface area (Å²) in [6.45, 7) is 0.232. The maximum absolute atomic E-state index is 9.79. The fourth-order valence-electron chi connectivity index (χ4n) is 4.23. The fourth-order valence-corrected chi connectivity index (χ4v) is 4.23. The normalized spacial score (nSPS) is 12.6. The number of nitrogens with zero attached hydrogens (tertiary/aromatic N) is 4. The average molecular weight is 448 g/mol. The molecule has 0 fully saturated rings. The molecule has 2 aromatic carbocycles. The van der Waals surface area contributed by atoms with E-state index in [4.69, 9.17) is 19.4 Å². The van der Waals surface area contributed by atoms with Gasteiger partial charge in [-0.15, -0.1) is 0 Å². The molecule has 0 spiro atoms. The Morgan fingerprint density at radius 3 is 2.71 bits per heavy atom. The number of aromatic nitrogens is 6. The van der Waals surface area contributed by atoms with Crippen molar-refractivity contribution in [1.82, 2.24) is 30.1 Å². The van der Waals surface area contributed by atoms with E-state index in [2.05, 4.69) is 20.2 Å². The lowest BCUT2D eigenvalue weighted by molar-refractivity contribution is 0.174. The first-order valence-corrected chi connectivity index (χ1v) is 10.6. The van der Waals surface area contributed by atoms with Crippen LogP contribution in [0.15, 0.2) is 67.0 Å². The van der Waals surface area contributed by atoms with Crippen LogP contribution >= 0.6 is 0 Å². The number of ether oxygens (including phenoxy) is 2. The number of H-pyrrole nitrogens is 2. The van der Waals surface area contributed by atoms with Gasteiger partial charge in [0.25, 0.3) is 0 Å². The van der Waals surface area contributed by atoms with Crippen molar-refractivity contribution in [3.63, 3.8) is 0 Å².